The Labute approximate surface area is 129 Å². The van der Waals surface area contributed by atoms with Crippen LogP contribution in [0.4, 0.5) is 4.79 Å². The number of urea groups is 1. The van der Waals surface area contributed by atoms with E-state index in [0.717, 1.165) is 31.2 Å². The summed E-state index contributed by atoms with van der Waals surface area (Å²) in [6.07, 6.45) is 4.35. The molecule has 1 aromatic carbocycles. The first-order valence-electron chi connectivity index (χ1n) is 7.48. The summed E-state index contributed by atoms with van der Waals surface area (Å²) < 4.78 is 0. The summed E-state index contributed by atoms with van der Waals surface area (Å²) in [5.74, 6) is 0.490. The van der Waals surface area contributed by atoms with Gasteiger partial charge < -0.3 is 15.7 Å². The average molecular weight is 309 g/mol. The summed E-state index contributed by atoms with van der Waals surface area (Å²) in [4.78, 5) is 11.8. The first-order chi connectivity index (χ1) is 10.1. The van der Waals surface area contributed by atoms with E-state index in [0.29, 0.717) is 29.5 Å². The van der Waals surface area contributed by atoms with Gasteiger partial charge in [-0.1, -0.05) is 23.7 Å². The largest absolute Gasteiger partial charge is 0.396 e. The molecule has 0 aromatic heterocycles. The molecule has 2 amide bonds. The zero-order valence-corrected chi connectivity index (χ0v) is 12.7. The third kappa shape index (κ3) is 3.33. The number of benzene rings is 1. The van der Waals surface area contributed by atoms with Crippen molar-refractivity contribution < 1.29 is 9.90 Å². The van der Waals surface area contributed by atoms with Crippen LogP contribution < -0.4 is 10.6 Å². The SMILES string of the molecule is O=C(NCc1ccc(Cl)cc1)NC1CC2(CC(CO)C2)C1. The summed E-state index contributed by atoms with van der Waals surface area (Å²) in [7, 11) is 0. The van der Waals surface area contributed by atoms with E-state index >= 15 is 0 Å². The van der Waals surface area contributed by atoms with E-state index in [1.165, 1.54) is 0 Å². The second-order valence-electron chi connectivity index (χ2n) is 6.52. The number of aliphatic hydroxyl groups excluding tert-OH is 1. The van der Waals surface area contributed by atoms with Crippen LogP contribution in [0.1, 0.15) is 31.2 Å². The molecule has 5 heteroatoms. The summed E-state index contributed by atoms with van der Waals surface area (Å²) in [6, 6.07) is 7.63. The van der Waals surface area contributed by atoms with E-state index in [2.05, 4.69) is 10.6 Å². The van der Waals surface area contributed by atoms with Crippen LogP contribution in [-0.2, 0) is 6.54 Å². The molecular formula is C16H21ClN2O2. The Morgan fingerprint density at radius 2 is 1.90 bits per heavy atom. The number of hydrogen-bond donors (Lipinski definition) is 3. The van der Waals surface area contributed by atoms with Crippen molar-refractivity contribution in [3.05, 3.63) is 34.9 Å². The molecule has 0 saturated heterocycles. The highest BCUT2D eigenvalue weighted by Crippen LogP contribution is 2.58. The van der Waals surface area contributed by atoms with E-state index in [1.54, 1.807) is 0 Å². The molecule has 0 unspecified atom stereocenters. The molecule has 0 aliphatic heterocycles. The van der Waals surface area contributed by atoms with Crippen molar-refractivity contribution in [1.29, 1.82) is 0 Å². The number of amides is 2. The van der Waals surface area contributed by atoms with Gasteiger partial charge in [-0.15, -0.1) is 0 Å². The Morgan fingerprint density at radius 1 is 1.24 bits per heavy atom. The van der Waals surface area contributed by atoms with Crippen molar-refractivity contribution in [3.63, 3.8) is 0 Å². The maximum absolute atomic E-state index is 11.8. The summed E-state index contributed by atoms with van der Waals surface area (Å²) in [6.45, 7) is 0.814. The first kappa shape index (κ1) is 14.7. The van der Waals surface area contributed by atoms with Crippen LogP contribution in [-0.4, -0.2) is 23.8 Å². The normalized spacial score (nSPS) is 30.4. The Bertz CT molecular complexity index is 504. The molecular weight excluding hydrogens is 288 g/mol. The molecule has 0 bridgehead atoms. The van der Waals surface area contributed by atoms with Crippen LogP contribution in [0.3, 0.4) is 0 Å². The van der Waals surface area contributed by atoms with Crippen LogP contribution in [0.15, 0.2) is 24.3 Å². The molecule has 4 nitrogen and oxygen atoms in total. The van der Waals surface area contributed by atoms with Gasteiger partial charge in [0.15, 0.2) is 0 Å². The summed E-state index contributed by atoms with van der Waals surface area (Å²) in [5.41, 5.74) is 1.45. The maximum Gasteiger partial charge on any atom is 0.315 e. The van der Waals surface area contributed by atoms with E-state index in [-0.39, 0.29) is 12.1 Å². The van der Waals surface area contributed by atoms with Gasteiger partial charge in [0.2, 0.25) is 0 Å². The number of aliphatic hydroxyl groups is 1. The van der Waals surface area contributed by atoms with E-state index < -0.39 is 0 Å². The minimum Gasteiger partial charge on any atom is -0.396 e. The molecule has 2 fully saturated rings. The van der Waals surface area contributed by atoms with Crippen molar-refractivity contribution in [2.24, 2.45) is 11.3 Å². The van der Waals surface area contributed by atoms with Gasteiger partial charge in [-0.05, 0) is 54.7 Å². The fourth-order valence-electron chi connectivity index (χ4n) is 3.74. The maximum atomic E-state index is 11.8. The molecule has 3 N–H and O–H groups in total. The smallest absolute Gasteiger partial charge is 0.315 e. The van der Waals surface area contributed by atoms with Crippen molar-refractivity contribution in [3.8, 4) is 0 Å². The number of rotatable bonds is 4. The van der Waals surface area contributed by atoms with Crippen LogP contribution in [0, 0.1) is 11.3 Å². The molecule has 3 rings (SSSR count). The monoisotopic (exact) mass is 308 g/mol. The lowest BCUT2D eigenvalue weighted by molar-refractivity contribution is -0.0636. The molecule has 1 spiro atoms. The third-order valence-electron chi connectivity index (χ3n) is 4.76. The fourth-order valence-corrected chi connectivity index (χ4v) is 3.86. The quantitative estimate of drug-likeness (QED) is 0.801. The highest BCUT2D eigenvalue weighted by Gasteiger charge is 2.52. The Balaban J connectivity index is 1.35. The molecule has 2 saturated carbocycles. The topological polar surface area (TPSA) is 61.4 Å². The number of carbonyl (C=O) groups excluding carboxylic acids is 1. The van der Waals surface area contributed by atoms with Crippen molar-refractivity contribution in [2.45, 2.75) is 38.3 Å². The van der Waals surface area contributed by atoms with Gasteiger partial charge in [-0.25, -0.2) is 4.79 Å². The van der Waals surface area contributed by atoms with Crippen molar-refractivity contribution in [1.82, 2.24) is 10.6 Å². The second-order valence-corrected chi connectivity index (χ2v) is 6.95. The van der Waals surface area contributed by atoms with Gasteiger partial charge in [-0.3, -0.25) is 0 Å². The van der Waals surface area contributed by atoms with Crippen molar-refractivity contribution in [2.75, 3.05) is 6.61 Å². The number of carbonyl (C=O) groups is 1. The highest BCUT2D eigenvalue weighted by atomic mass is 35.5. The standard InChI is InChI=1S/C16H21ClN2O2/c17-13-3-1-11(2-4-13)9-18-15(21)19-14-7-16(8-14)5-12(6-16)10-20/h1-4,12,14,20H,5-10H2,(H2,18,19,21). The van der Waals surface area contributed by atoms with Gasteiger partial charge in [-0.2, -0.15) is 0 Å². The lowest BCUT2D eigenvalue weighted by Gasteiger charge is -2.57. The fraction of sp³-hybridized carbons (Fsp3) is 0.562. The zero-order chi connectivity index (χ0) is 14.9. The lowest BCUT2D eigenvalue weighted by atomic mass is 9.50. The molecule has 0 atom stereocenters. The van der Waals surface area contributed by atoms with Crippen molar-refractivity contribution >= 4 is 17.6 Å². The van der Waals surface area contributed by atoms with Crippen LogP contribution >= 0.6 is 11.6 Å². The molecule has 1 aromatic rings. The van der Waals surface area contributed by atoms with Gasteiger partial charge >= 0.3 is 6.03 Å². The Morgan fingerprint density at radius 3 is 2.52 bits per heavy atom. The molecule has 0 heterocycles. The van der Waals surface area contributed by atoms with Crippen LogP contribution in [0.2, 0.25) is 5.02 Å². The summed E-state index contributed by atoms with van der Waals surface area (Å²) in [5, 5.41) is 15.6. The minimum atomic E-state index is -0.108. The van der Waals surface area contributed by atoms with E-state index in [4.69, 9.17) is 16.7 Å². The minimum absolute atomic E-state index is 0.108. The first-order valence-corrected chi connectivity index (χ1v) is 7.86. The van der Waals surface area contributed by atoms with Gasteiger partial charge in [0.1, 0.15) is 0 Å². The molecule has 114 valence electrons. The average Bonchev–Trinajstić information content (AvgIpc) is 2.39. The summed E-state index contributed by atoms with van der Waals surface area (Å²) >= 11 is 5.82. The van der Waals surface area contributed by atoms with Gasteiger partial charge in [0, 0.05) is 24.2 Å². The third-order valence-corrected chi connectivity index (χ3v) is 5.01. The number of nitrogens with one attached hydrogen (secondary N) is 2. The van der Waals surface area contributed by atoms with Crippen LogP contribution in [0.25, 0.3) is 0 Å². The highest BCUT2D eigenvalue weighted by molar-refractivity contribution is 6.30. The van der Waals surface area contributed by atoms with Gasteiger partial charge in [0.25, 0.3) is 0 Å². The number of halogens is 1. The predicted octanol–water partition coefficient (Wildman–Crippen LogP) is 2.69. The lowest BCUT2D eigenvalue weighted by Crippen LogP contribution is -2.58. The predicted molar refractivity (Wildman–Crippen MR) is 82.1 cm³/mol. The molecule has 0 radical (unpaired) electrons. The van der Waals surface area contributed by atoms with E-state index in [1.807, 2.05) is 24.3 Å². The molecule has 2 aliphatic carbocycles. The van der Waals surface area contributed by atoms with Gasteiger partial charge in [0.05, 0.1) is 0 Å². The van der Waals surface area contributed by atoms with Crippen LogP contribution in [0.5, 0.6) is 0 Å². The second kappa shape index (κ2) is 5.85. The number of hydrogen-bond acceptors (Lipinski definition) is 2. The molecule has 2 aliphatic rings. The Kier molecular flexibility index (Phi) is 4.09. The Hall–Kier alpha value is -1.26. The van der Waals surface area contributed by atoms with E-state index in [9.17, 15) is 4.79 Å². The molecule has 21 heavy (non-hydrogen) atoms. The zero-order valence-electron chi connectivity index (χ0n) is 11.9.